The first kappa shape index (κ1) is 16.2. The molecule has 118 valence electrons. The Morgan fingerprint density at radius 1 is 1.43 bits per heavy atom. The Balaban J connectivity index is 1.89. The van der Waals surface area contributed by atoms with Crippen LogP contribution in [0.5, 0.6) is 0 Å². The van der Waals surface area contributed by atoms with Gasteiger partial charge in [0, 0.05) is 24.0 Å². The second kappa shape index (κ2) is 7.75. The smallest absolute Gasteiger partial charge is 0.191 e. The minimum absolute atomic E-state index is 0.623. The summed E-state index contributed by atoms with van der Waals surface area (Å²) in [7, 11) is 2.20. The van der Waals surface area contributed by atoms with Crippen molar-refractivity contribution >= 4 is 17.3 Å². The first-order valence-corrected chi connectivity index (χ1v) is 8.57. The van der Waals surface area contributed by atoms with E-state index in [1.807, 2.05) is 0 Å². The van der Waals surface area contributed by atoms with Crippen LogP contribution in [-0.4, -0.2) is 48.6 Å². The number of nitrogens with one attached hydrogen (secondary N) is 2. The molecular formula is C15H27N5S. The number of likely N-dealkylation sites (tertiary alicyclic amines) is 1. The molecule has 1 aromatic heterocycles. The lowest BCUT2D eigenvalue weighted by Gasteiger charge is -2.21. The van der Waals surface area contributed by atoms with Crippen LogP contribution < -0.4 is 10.6 Å². The SMILES string of the molecule is CCNC(=NCc1nc(C)c(C)s1)NCC1CCCN1C. The van der Waals surface area contributed by atoms with Gasteiger partial charge in [-0.25, -0.2) is 9.98 Å². The second-order valence-corrected chi connectivity index (χ2v) is 6.89. The molecule has 1 saturated heterocycles. The quantitative estimate of drug-likeness (QED) is 0.644. The number of rotatable bonds is 5. The Morgan fingerprint density at radius 2 is 2.24 bits per heavy atom. The van der Waals surface area contributed by atoms with E-state index >= 15 is 0 Å². The normalized spacial score (nSPS) is 20.0. The Kier molecular flexibility index (Phi) is 5.99. The molecule has 2 heterocycles. The molecule has 0 saturated carbocycles. The van der Waals surface area contributed by atoms with Crippen molar-refractivity contribution in [3.63, 3.8) is 0 Å². The number of hydrogen-bond acceptors (Lipinski definition) is 4. The highest BCUT2D eigenvalue weighted by molar-refractivity contribution is 7.11. The highest BCUT2D eigenvalue weighted by Crippen LogP contribution is 2.17. The van der Waals surface area contributed by atoms with Gasteiger partial charge in [-0.3, -0.25) is 0 Å². The fourth-order valence-electron chi connectivity index (χ4n) is 2.55. The van der Waals surface area contributed by atoms with Crippen molar-refractivity contribution in [3.05, 3.63) is 15.6 Å². The molecule has 1 atom stereocenters. The van der Waals surface area contributed by atoms with Crippen molar-refractivity contribution in [2.24, 2.45) is 4.99 Å². The third-order valence-electron chi connectivity index (χ3n) is 3.97. The molecule has 6 heteroatoms. The van der Waals surface area contributed by atoms with Gasteiger partial charge in [-0.05, 0) is 47.2 Å². The molecule has 0 aliphatic carbocycles. The van der Waals surface area contributed by atoms with Gasteiger partial charge in [0.2, 0.25) is 0 Å². The van der Waals surface area contributed by atoms with Crippen LogP contribution in [0.4, 0.5) is 0 Å². The maximum absolute atomic E-state index is 4.65. The maximum Gasteiger partial charge on any atom is 0.191 e. The number of aliphatic imine (C=N–C) groups is 1. The molecule has 0 spiro atoms. The third kappa shape index (κ3) is 4.68. The zero-order chi connectivity index (χ0) is 15.2. The average Bonchev–Trinajstić information content (AvgIpc) is 3.00. The van der Waals surface area contributed by atoms with Gasteiger partial charge < -0.3 is 15.5 Å². The van der Waals surface area contributed by atoms with Crippen molar-refractivity contribution in [2.45, 2.75) is 46.2 Å². The zero-order valence-electron chi connectivity index (χ0n) is 13.6. The number of thiazole rings is 1. The highest BCUT2D eigenvalue weighted by Gasteiger charge is 2.20. The fraction of sp³-hybridized carbons (Fsp3) is 0.733. The molecule has 5 nitrogen and oxygen atoms in total. The molecule has 1 aliphatic rings. The molecule has 0 bridgehead atoms. The van der Waals surface area contributed by atoms with Gasteiger partial charge in [-0.15, -0.1) is 11.3 Å². The molecule has 1 unspecified atom stereocenters. The maximum atomic E-state index is 4.65. The number of aryl methyl sites for hydroxylation is 2. The Labute approximate surface area is 131 Å². The number of nitrogens with zero attached hydrogens (tertiary/aromatic N) is 3. The minimum Gasteiger partial charge on any atom is -0.357 e. The predicted octanol–water partition coefficient (Wildman–Crippen LogP) is 1.91. The van der Waals surface area contributed by atoms with Crippen molar-refractivity contribution in [2.75, 3.05) is 26.7 Å². The van der Waals surface area contributed by atoms with Crippen LogP contribution in [0.3, 0.4) is 0 Å². The van der Waals surface area contributed by atoms with Crippen molar-refractivity contribution in [1.29, 1.82) is 0 Å². The molecule has 21 heavy (non-hydrogen) atoms. The van der Waals surface area contributed by atoms with Crippen molar-refractivity contribution in [3.8, 4) is 0 Å². The molecule has 0 aromatic carbocycles. The first-order valence-electron chi connectivity index (χ1n) is 7.75. The van der Waals surface area contributed by atoms with E-state index in [0.717, 1.165) is 29.8 Å². The van der Waals surface area contributed by atoms with Gasteiger partial charge in [-0.1, -0.05) is 0 Å². The zero-order valence-corrected chi connectivity index (χ0v) is 14.4. The van der Waals surface area contributed by atoms with E-state index in [1.54, 1.807) is 11.3 Å². The Hall–Kier alpha value is -1.14. The van der Waals surface area contributed by atoms with Gasteiger partial charge in [-0.2, -0.15) is 0 Å². The van der Waals surface area contributed by atoms with E-state index in [2.05, 4.69) is 53.3 Å². The summed E-state index contributed by atoms with van der Waals surface area (Å²) in [6, 6.07) is 0.623. The molecule has 1 aliphatic heterocycles. The van der Waals surface area contributed by atoms with Crippen LogP contribution in [0.2, 0.25) is 0 Å². The van der Waals surface area contributed by atoms with Gasteiger partial charge in [0.05, 0.1) is 12.2 Å². The van der Waals surface area contributed by atoms with Crippen LogP contribution in [0.25, 0.3) is 0 Å². The van der Waals surface area contributed by atoms with Gasteiger partial charge in [0.25, 0.3) is 0 Å². The van der Waals surface area contributed by atoms with Crippen LogP contribution in [0, 0.1) is 13.8 Å². The number of guanidine groups is 1. The summed E-state index contributed by atoms with van der Waals surface area (Å²) < 4.78 is 0. The number of likely N-dealkylation sites (N-methyl/N-ethyl adjacent to an activating group) is 1. The molecule has 2 rings (SSSR count). The molecule has 1 fully saturated rings. The van der Waals surface area contributed by atoms with Gasteiger partial charge in [0.1, 0.15) is 5.01 Å². The summed E-state index contributed by atoms with van der Waals surface area (Å²) in [4.78, 5) is 12.9. The standard InChI is InChI=1S/C15H27N5S/c1-5-16-15(17-9-13-7-6-8-20(13)4)18-10-14-19-11(2)12(3)21-14/h13H,5-10H2,1-4H3,(H2,16,17,18). The first-order chi connectivity index (χ1) is 10.1. The van der Waals surface area contributed by atoms with E-state index in [9.17, 15) is 0 Å². The minimum atomic E-state index is 0.623. The van der Waals surface area contributed by atoms with E-state index in [1.165, 1.54) is 24.3 Å². The second-order valence-electron chi connectivity index (χ2n) is 5.60. The number of hydrogen-bond donors (Lipinski definition) is 2. The van der Waals surface area contributed by atoms with Crippen LogP contribution in [-0.2, 0) is 6.54 Å². The number of aromatic nitrogens is 1. The van der Waals surface area contributed by atoms with Crippen LogP contribution >= 0.6 is 11.3 Å². The summed E-state index contributed by atoms with van der Waals surface area (Å²) in [6.45, 7) is 9.95. The van der Waals surface area contributed by atoms with E-state index in [-0.39, 0.29) is 0 Å². The molecule has 1 aromatic rings. The summed E-state index contributed by atoms with van der Waals surface area (Å²) in [5.41, 5.74) is 1.12. The van der Waals surface area contributed by atoms with Gasteiger partial charge >= 0.3 is 0 Å². The van der Waals surface area contributed by atoms with Crippen LogP contribution in [0.1, 0.15) is 35.3 Å². The topological polar surface area (TPSA) is 52.6 Å². The summed E-state index contributed by atoms with van der Waals surface area (Å²) in [5, 5.41) is 7.85. The largest absolute Gasteiger partial charge is 0.357 e. The lowest BCUT2D eigenvalue weighted by Crippen LogP contribution is -2.44. The summed E-state index contributed by atoms with van der Waals surface area (Å²) in [5.74, 6) is 0.892. The monoisotopic (exact) mass is 309 g/mol. The van der Waals surface area contributed by atoms with Crippen molar-refractivity contribution in [1.82, 2.24) is 20.5 Å². The Morgan fingerprint density at radius 3 is 2.81 bits per heavy atom. The van der Waals surface area contributed by atoms with E-state index in [4.69, 9.17) is 0 Å². The predicted molar refractivity (Wildman–Crippen MR) is 90.1 cm³/mol. The van der Waals surface area contributed by atoms with Crippen molar-refractivity contribution < 1.29 is 0 Å². The summed E-state index contributed by atoms with van der Waals surface area (Å²) >= 11 is 1.74. The molecule has 0 radical (unpaired) electrons. The van der Waals surface area contributed by atoms with E-state index < -0.39 is 0 Å². The molecular weight excluding hydrogens is 282 g/mol. The third-order valence-corrected chi connectivity index (χ3v) is 5.02. The molecule has 0 amide bonds. The van der Waals surface area contributed by atoms with E-state index in [0.29, 0.717) is 12.6 Å². The Bertz CT molecular complexity index is 463. The lowest BCUT2D eigenvalue weighted by atomic mass is 10.2. The highest BCUT2D eigenvalue weighted by atomic mass is 32.1. The molecule has 2 N–H and O–H groups in total. The average molecular weight is 309 g/mol. The fourth-order valence-corrected chi connectivity index (χ4v) is 3.41. The lowest BCUT2D eigenvalue weighted by molar-refractivity contribution is 0.309. The van der Waals surface area contributed by atoms with Gasteiger partial charge in [0.15, 0.2) is 5.96 Å². The summed E-state index contributed by atoms with van der Waals surface area (Å²) in [6.07, 6.45) is 2.57. The van der Waals surface area contributed by atoms with Crippen LogP contribution in [0.15, 0.2) is 4.99 Å².